The molecule has 0 bridgehead atoms. The minimum Gasteiger partial charge on any atom is -0.473 e. The van der Waals surface area contributed by atoms with E-state index in [0.29, 0.717) is 17.6 Å². The van der Waals surface area contributed by atoms with Crippen molar-refractivity contribution in [3.8, 4) is 12.3 Å². The van der Waals surface area contributed by atoms with Gasteiger partial charge in [-0.15, -0.1) is 6.42 Å². The molecule has 27 heavy (non-hydrogen) atoms. The number of halogens is 1. The van der Waals surface area contributed by atoms with Gasteiger partial charge in [-0.2, -0.15) is 0 Å². The first-order chi connectivity index (χ1) is 12.6. The van der Waals surface area contributed by atoms with Crippen molar-refractivity contribution in [1.82, 2.24) is 5.32 Å². The van der Waals surface area contributed by atoms with Crippen molar-refractivity contribution in [3.63, 3.8) is 0 Å². The van der Waals surface area contributed by atoms with Gasteiger partial charge in [-0.25, -0.2) is 14.0 Å². The molecule has 6 nitrogen and oxygen atoms in total. The highest BCUT2D eigenvalue weighted by Crippen LogP contribution is 2.34. The molecular formula is C20H25FN2O4. The Bertz CT molecular complexity index is 745. The molecule has 146 valence electrons. The molecule has 0 radical (unpaired) electrons. The van der Waals surface area contributed by atoms with E-state index >= 15 is 0 Å². The Kier molecular flexibility index (Phi) is 6.45. The normalized spacial score (nSPS) is 23.3. The SMILES string of the molecule is C#Cc1ccc(N2CC(C)(C)N[C@H]3CCCC[C@@H]32)cc1F.O=C(O)C(=O)O. The van der Waals surface area contributed by atoms with Gasteiger partial charge in [0.15, 0.2) is 0 Å². The van der Waals surface area contributed by atoms with Crippen LogP contribution < -0.4 is 10.2 Å². The molecule has 7 heteroatoms. The number of anilines is 1. The van der Waals surface area contributed by atoms with Gasteiger partial charge in [0.2, 0.25) is 0 Å². The second-order valence-corrected chi connectivity index (χ2v) is 7.53. The highest BCUT2D eigenvalue weighted by molar-refractivity contribution is 6.27. The van der Waals surface area contributed by atoms with E-state index in [0.717, 1.165) is 12.2 Å². The van der Waals surface area contributed by atoms with Gasteiger partial charge in [0.25, 0.3) is 0 Å². The standard InChI is InChI=1S/C18H23FN2.C2H2O4/c1-4-13-9-10-14(11-15(13)19)21-12-18(2,3)20-16-7-5-6-8-17(16)21;3-1(4)2(5)6/h1,9-11,16-17,20H,5-8,12H2,2-3H3;(H,3,4)(H,5,6)/t16-,17-;/m0./s1. The molecule has 1 saturated heterocycles. The average Bonchev–Trinajstić information content (AvgIpc) is 2.60. The molecule has 0 spiro atoms. The molecule has 0 aromatic heterocycles. The Morgan fingerprint density at radius 2 is 1.89 bits per heavy atom. The van der Waals surface area contributed by atoms with Crippen LogP contribution in [0, 0.1) is 18.2 Å². The van der Waals surface area contributed by atoms with E-state index in [1.807, 2.05) is 6.07 Å². The van der Waals surface area contributed by atoms with Crippen LogP contribution in [0.15, 0.2) is 18.2 Å². The summed E-state index contributed by atoms with van der Waals surface area (Å²) in [7, 11) is 0. The van der Waals surface area contributed by atoms with E-state index < -0.39 is 11.9 Å². The molecule has 2 atom stereocenters. The van der Waals surface area contributed by atoms with E-state index in [1.165, 1.54) is 25.7 Å². The predicted molar refractivity (Wildman–Crippen MR) is 100 cm³/mol. The van der Waals surface area contributed by atoms with E-state index in [1.54, 1.807) is 12.1 Å². The van der Waals surface area contributed by atoms with Gasteiger partial charge in [-0.1, -0.05) is 18.8 Å². The first kappa shape index (κ1) is 20.7. The third kappa shape index (κ3) is 5.20. The Morgan fingerprint density at radius 1 is 1.26 bits per heavy atom. The number of carboxylic acid groups (broad SMARTS) is 2. The fraction of sp³-hybridized carbons (Fsp3) is 0.500. The number of terminal acetylenes is 1. The maximum atomic E-state index is 14.0. The molecule has 1 heterocycles. The summed E-state index contributed by atoms with van der Waals surface area (Å²) in [6.07, 6.45) is 10.2. The van der Waals surface area contributed by atoms with Gasteiger partial charge in [-0.05, 0) is 44.9 Å². The highest BCUT2D eigenvalue weighted by atomic mass is 19.1. The first-order valence-corrected chi connectivity index (χ1v) is 8.91. The predicted octanol–water partition coefficient (Wildman–Crippen LogP) is 2.46. The third-order valence-corrected chi connectivity index (χ3v) is 4.89. The van der Waals surface area contributed by atoms with E-state index in [4.69, 9.17) is 26.2 Å². The number of benzene rings is 1. The van der Waals surface area contributed by atoms with Crippen LogP contribution in [-0.2, 0) is 9.59 Å². The molecule has 1 aliphatic heterocycles. The number of rotatable bonds is 1. The summed E-state index contributed by atoms with van der Waals surface area (Å²) in [5.74, 6) is -1.55. The number of carboxylic acids is 2. The first-order valence-electron chi connectivity index (χ1n) is 8.91. The van der Waals surface area contributed by atoms with Crippen LogP contribution in [0.4, 0.5) is 10.1 Å². The third-order valence-electron chi connectivity index (χ3n) is 4.89. The van der Waals surface area contributed by atoms with Crippen molar-refractivity contribution in [2.24, 2.45) is 0 Å². The number of piperazine rings is 1. The Balaban J connectivity index is 0.000000380. The van der Waals surface area contributed by atoms with Crippen LogP contribution in [0.2, 0.25) is 0 Å². The minimum atomic E-state index is -1.82. The van der Waals surface area contributed by atoms with Crippen molar-refractivity contribution in [2.45, 2.75) is 57.2 Å². The largest absolute Gasteiger partial charge is 0.473 e. The van der Waals surface area contributed by atoms with E-state index in [2.05, 4.69) is 30.0 Å². The molecule has 1 saturated carbocycles. The summed E-state index contributed by atoms with van der Waals surface area (Å²) in [6, 6.07) is 6.24. The summed E-state index contributed by atoms with van der Waals surface area (Å²) in [5.41, 5.74) is 1.34. The van der Waals surface area contributed by atoms with Crippen molar-refractivity contribution in [2.75, 3.05) is 11.4 Å². The zero-order chi connectivity index (χ0) is 20.2. The molecule has 0 amide bonds. The van der Waals surface area contributed by atoms with E-state index in [-0.39, 0.29) is 11.4 Å². The van der Waals surface area contributed by atoms with Crippen molar-refractivity contribution in [1.29, 1.82) is 0 Å². The average molecular weight is 376 g/mol. The number of carbonyl (C=O) groups is 2. The smallest absolute Gasteiger partial charge is 0.414 e. The lowest BCUT2D eigenvalue weighted by atomic mass is 9.83. The summed E-state index contributed by atoms with van der Waals surface area (Å²) in [5, 5.41) is 18.5. The number of hydrogen-bond donors (Lipinski definition) is 3. The lowest BCUT2D eigenvalue weighted by molar-refractivity contribution is -0.159. The zero-order valence-corrected chi connectivity index (χ0v) is 15.5. The van der Waals surface area contributed by atoms with Crippen LogP contribution >= 0.6 is 0 Å². The van der Waals surface area contributed by atoms with Crippen LogP contribution in [-0.4, -0.2) is 46.3 Å². The minimum absolute atomic E-state index is 0.0414. The van der Waals surface area contributed by atoms with Crippen molar-refractivity contribution < 1.29 is 24.2 Å². The molecule has 3 N–H and O–H groups in total. The molecule has 1 aromatic rings. The second-order valence-electron chi connectivity index (χ2n) is 7.53. The van der Waals surface area contributed by atoms with Crippen LogP contribution in [0.3, 0.4) is 0 Å². The van der Waals surface area contributed by atoms with Gasteiger partial charge in [0, 0.05) is 29.9 Å². The number of fused-ring (bicyclic) bond motifs is 1. The topological polar surface area (TPSA) is 89.9 Å². The molecule has 0 unspecified atom stereocenters. The monoisotopic (exact) mass is 376 g/mol. The summed E-state index contributed by atoms with van der Waals surface area (Å²) >= 11 is 0. The number of nitrogens with one attached hydrogen (secondary N) is 1. The zero-order valence-electron chi connectivity index (χ0n) is 15.5. The molecular weight excluding hydrogens is 351 g/mol. The van der Waals surface area contributed by atoms with Crippen LogP contribution in [0.5, 0.6) is 0 Å². The molecule has 2 aliphatic rings. The van der Waals surface area contributed by atoms with Gasteiger partial charge in [0.1, 0.15) is 5.82 Å². The summed E-state index contributed by atoms with van der Waals surface area (Å²) in [6.45, 7) is 5.33. The van der Waals surface area contributed by atoms with Crippen LogP contribution in [0.1, 0.15) is 45.1 Å². The molecule has 1 aliphatic carbocycles. The highest BCUT2D eigenvalue weighted by Gasteiger charge is 2.40. The number of nitrogens with zero attached hydrogens (tertiary/aromatic N) is 1. The van der Waals surface area contributed by atoms with Crippen LogP contribution in [0.25, 0.3) is 0 Å². The Labute approximate surface area is 158 Å². The molecule has 2 fully saturated rings. The fourth-order valence-electron chi connectivity index (χ4n) is 3.83. The van der Waals surface area contributed by atoms with Crippen molar-refractivity contribution in [3.05, 3.63) is 29.6 Å². The maximum Gasteiger partial charge on any atom is 0.414 e. The van der Waals surface area contributed by atoms with Gasteiger partial charge in [-0.3, -0.25) is 0 Å². The number of aliphatic carboxylic acids is 2. The summed E-state index contributed by atoms with van der Waals surface area (Å²) < 4.78 is 14.0. The lowest BCUT2D eigenvalue weighted by Gasteiger charge is -2.52. The van der Waals surface area contributed by atoms with E-state index in [9.17, 15) is 4.39 Å². The Hall–Kier alpha value is -2.59. The maximum absolute atomic E-state index is 14.0. The Morgan fingerprint density at radius 3 is 2.44 bits per heavy atom. The fourth-order valence-corrected chi connectivity index (χ4v) is 3.83. The number of hydrogen-bond acceptors (Lipinski definition) is 4. The van der Waals surface area contributed by atoms with Crippen molar-refractivity contribution >= 4 is 17.6 Å². The summed E-state index contributed by atoms with van der Waals surface area (Å²) in [4.78, 5) is 20.6. The second kappa shape index (κ2) is 8.40. The lowest BCUT2D eigenvalue weighted by Crippen LogP contribution is -2.67. The van der Waals surface area contributed by atoms with Gasteiger partial charge in [0.05, 0.1) is 5.56 Å². The van der Waals surface area contributed by atoms with Gasteiger partial charge < -0.3 is 20.4 Å². The molecule has 3 rings (SSSR count). The van der Waals surface area contributed by atoms with Gasteiger partial charge >= 0.3 is 11.9 Å². The quantitative estimate of drug-likeness (QED) is 0.515. The molecule has 1 aromatic carbocycles.